The van der Waals surface area contributed by atoms with E-state index in [-0.39, 0.29) is 17.1 Å². The zero-order valence-electron chi connectivity index (χ0n) is 16.2. The number of anilines is 2. The Kier molecular flexibility index (Phi) is 5.54. The van der Waals surface area contributed by atoms with Crippen molar-refractivity contribution < 1.29 is 18.0 Å². The van der Waals surface area contributed by atoms with Crippen LogP contribution < -0.4 is 10.2 Å². The molecule has 2 aromatic rings. The maximum absolute atomic E-state index is 14.0. The molecule has 0 unspecified atom stereocenters. The fraction of sp³-hybridized carbons (Fsp3) is 0.381. The van der Waals surface area contributed by atoms with Gasteiger partial charge in [-0.3, -0.25) is 0 Å². The minimum atomic E-state index is -1.48. The number of hydrogen-bond acceptors (Lipinski definition) is 2. The monoisotopic (exact) mass is 391 g/mol. The summed E-state index contributed by atoms with van der Waals surface area (Å²) in [4.78, 5) is 15.9. The normalized spacial score (nSPS) is 14.9. The number of hydrogen-bond donors (Lipinski definition) is 1. The van der Waals surface area contributed by atoms with Crippen LogP contribution in [0.2, 0.25) is 0 Å². The Balaban J connectivity index is 1.66. The van der Waals surface area contributed by atoms with Crippen molar-refractivity contribution in [1.82, 2.24) is 4.90 Å². The van der Waals surface area contributed by atoms with Crippen LogP contribution in [0.25, 0.3) is 0 Å². The number of nitrogens with zero attached hydrogens (tertiary/aromatic N) is 2. The van der Waals surface area contributed by atoms with E-state index in [0.29, 0.717) is 26.2 Å². The highest BCUT2D eigenvalue weighted by Gasteiger charge is 2.26. The van der Waals surface area contributed by atoms with Gasteiger partial charge >= 0.3 is 6.03 Å². The van der Waals surface area contributed by atoms with Crippen molar-refractivity contribution in [2.24, 2.45) is 0 Å². The van der Waals surface area contributed by atoms with Gasteiger partial charge in [-0.2, -0.15) is 0 Å². The molecule has 2 aromatic carbocycles. The van der Waals surface area contributed by atoms with Crippen molar-refractivity contribution in [3.63, 3.8) is 0 Å². The van der Waals surface area contributed by atoms with Gasteiger partial charge in [-0.1, -0.05) is 39.0 Å². The number of benzene rings is 2. The summed E-state index contributed by atoms with van der Waals surface area (Å²) in [7, 11) is 0. The second-order valence-corrected chi connectivity index (χ2v) is 7.89. The number of halogens is 3. The predicted octanol–water partition coefficient (Wildman–Crippen LogP) is 4.76. The molecule has 0 spiro atoms. The molecular weight excluding hydrogens is 367 g/mol. The number of carbonyl (C=O) groups excluding carboxylic acids is 1. The van der Waals surface area contributed by atoms with Gasteiger partial charge in [0.1, 0.15) is 0 Å². The summed E-state index contributed by atoms with van der Waals surface area (Å²) in [6.45, 7) is 7.59. The number of piperazine rings is 1. The highest BCUT2D eigenvalue weighted by atomic mass is 19.2. The summed E-state index contributed by atoms with van der Waals surface area (Å²) in [5.74, 6) is -3.88. The minimum Gasteiger partial charge on any atom is -0.366 e. The molecule has 1 aliphatic rings. The maximum atomic E-state index is 14.0. The summed E-state index contributed by atoms with van der Waals surface area (Å²) < 4.78 is 40.6. The quantitative estimate of drug-likeness (QED) is 0.750. The molecule has 150 valence electrons. The average Bonchev–Trinajstić information content (AvgIpc) is 2.66. The van der Waals surface area contributed by atoms with Crippen LogP contribution in [0.3, 0.4) is 0 Å². The Morgan fingerprint density at radius 2 is 1.57 bits per heavy atom. The van der Waals surface area contributed by atoms with E-state index in [2.05, 4.69) is 26.1 Å². The van der Waals surface area contributed by atoms with E-state index in [1.54, 1.807) is 9.80 Å². The molecule has 28 heavy (non-hydrogen) atoms. The molecule has 0 atom stereocenters. The molecule has 0 radical (unpaired) electrons. The smallest absolute Gasteiger partial charge is 0.321 e. The number of carbonyl (C=O) groups is 1. The van der Waals surface area contributed by atoms with E-state index in [1.807, 2.05) is 24.3 Å². The van der Waals surface area contributed by atoms with Gasteiger partial charge in [-0.05, 0) is 29.2 Å². The highest BCUT2D eigenvalue weighted by Crippen LogP contribution is 2.30. The predicted molar refractivity (Wildman–Crippen MR) is 104 cm³/mol. The van der Waals surface area contributed by atoms with Crippen LogP contribution in [-0.4, -0.2) is 37.1 Å². The molecule has 3 rings (SSSR count). The first-order valence-electron chi connectivity index (χ1n) is 9.22. The third-order valence-corrected chi connectivity index (χ3v) is 4.90. The molecule has 4 nitrogen and oxygen atoms in total. The van der Waals surface area contributed by atoms with Crippen LogP contribution in [0.5, 0.6) is 0 Å². The van der Waals surface area contributed by atoms with Crippen LogP contribution >= 0.6 is 0 Å². The third kappa shape index (κ3) is 4.08. The molecule has 1 aliphatic heterocycles. The molecular formula is C21H24F3N3O. The van der Waals surface area contributed by atoms with Crippen molar-refractivity contribution in [1.29, 1.82) is 0 Å². The molecule has 0 bridgehead atoms. The minimum absolute atomic E-state index is 0.0111. The van der Waals surface area contributed by atoms with Crippen molar-refractivity contribution in [2.75, 3.05) is 36.4 Å². The van der Waals surface area contributed by atoms with Gasteiger partial charge in [-0.15, -0.1) is 0 Å². The molecule has 1 saturated heterocycles. The first-order valence-corrected chi connectivity index (χ1v) is 9.22. The number of amides is 2. The van der Waals surface area contributed by atoms with Crippen molar-refractivity contribution in [2.45, 2.75) is 26.2 Å². The van der Waals surface area contributed by atoms with Crippen LogP contribution in [0, 0.1) is 17.5 Å². The largest absolute Gasteiger partial charge is 0.366 e. The van der Waals surface area contributed by atoms with Crippen molar-refractivity contribution >= 4 is 17.4 Å². The second kappa shape index (κ2) is 7.73. The van der Waals surface area contributed by atoms with Gasteiger partial charge in [0, 0.05) is 31.9 Å². The topological polar surface area (TPSA) is 35.6 Å². The Morgan fingerprint density at radius 1 is 0.929 bits per heavy atom. The summed E-state index contributed by atoms with van der Waals surface area (Å²) in [6.07, 6.45) is 0. The standard InChI is InChI=1S/C21H24F3N3O/c1-21(2,3)14-6-4-5-7-16(14)25-20(28)27-12-10-26(11-13-27)17-9-8-15(22)18(23)19(17)24/h4-9H,10-13H2,1-3H3,(H,25,28). The molecule has 7 heteroatoms. The summed E-state index contributed by atoms with van der Waals surface area (Å²) in [6, 6.07) is 9.56. The SMILES string of the molecule is CC(C)(C)c1ccccc1NC(=O)N1CCN(c2ccc(F)c(F)c2F)CC1. The van der Waals surface area contributed by atoms with Crippen LogP contribution in [0.4, 0.5) is 29.3 Å². The van der Waals surface area contributed by atoms with Gasteiger partial charge in [-0.25, -0.2) is 18.0 Å². The van der Waals surface area contributed by atoms with Crippen LogP contribution in [0.1, 0.15) is 26.3 Å². The Bertz CT molecular complexity index is 872. The Labute approximate surface area is 162 Å². The first kappa shape index (κ1) is 20.0. The van der Waals surface area contributed by atoms with E-state index in [0.717, 1.165) is 17.3 Å². The summed E-state index contributed by atoms with van der Waals surface area (Å²) >= 11 is 0. The Morgan fingerprint density at radius 3 is 2.21 bits per heavy atom. The molecule has 2 amide bonds. The van der Waals surface area contributed by atoms with Crippen LogP contribution in [-0.2, 0) is 5.41 Å². The number of nitrogens with one attached hydrogen (secondary N) is 1. The number of rotatable bonds is 2. The number of urea groups is 1. The molecule has 1 heterocycles. The highest BCUT2D eigenvalue weighted by molar-refractivity contribution is 5.90. The van der Waals surface area contributed by atoms with Crippen LogP contribution in [0.15, 0.2) is 36.4 Å². The van der Waals surface area contributed by atoms with Crippen molar-refractivity contribution in [3.8, 4) is 0 Å². The summed E-state index contributed by atoms with van der Waals surface area (Å²) in [5.41, 5.74) is 1.68. The Hall–Kier alpha value is -2.70. The second-order valence-electron chi connectivity index (χ2n) is 7.89. The fourth-order valence-corrected chi connectivity index (χ4v) is 3.35. The van der Waals surface area contributed by atoms with E-state index >= 15 is 0 Å². The van der Waals surface area contributed by atoms with Gasteiger partial charge < -0.3 is 15.1 Å². The lowest BCUT2D eigenvalue weighted by Gasteiger charge is -2.36. The van der Waals surface area contributed by atoms with E-state index in [4.69, 9.17) is 0 Å². The maximum Gasteiger partial charge on any atom is 0.321 e. The molecule has 0 aliphatic carbocycles. The van der Waals surface area contributed by atoms with E-state index < -0.39 is 17.5 Å². The molecule has 1 N–H and O–H groups in total. The van der Waals surface area contributed by atoms with E-state index in [1.165, 1.54) is 6.07 Å². The van der Waals surface area contributed by atoms with Gasteiger partial charge in [0.15, 0.2) is 17.5 Å². The lowest BCUT2D eigenvalue weighted by atomic mass is 9.86. The van der Waals surface area contributed by atoms with E-state index in [9.17, 15) is 18.0 Å². The average molecular weight is 391 g/mol. The zero-order chi connectivity index (χ0) is 20.5. The summed E-state index contributed by atoms with van der Waals surface area (Å²) in [5, 5.41) is 2.95. The van der Waals surface area contributed by atoms with Crippen molar-refractivity contribution in [3.05, 3.63) is 59.4 Å². The fourth-order valence-electron chi connectivity index (χ4n) is 3.35. The lowest BCUT2D eigenvalue weighted by Crippen LogP contribution is -2.50. The number of para-hydroxylation sites is 1. The van der Waals surface area contributed by atoms with Gasteiger partial charge in [0.2, 0.25) is 0 Å². The molecule has 0 saturated carbocycles. The third-order valence-electron chi connectivity index (χ3n) is 4.90. The van der Waals surface area contributed by atoms with Gasteiger partial charge in [0.25, 0.3) is 0 Å². The molecule has 1 fully saturated rings. The zero-order valence-corrected chi connectivity index (χ0v) is 16.2. The molecule has 0 aromatic heterocycles. The van der Waals surface area contributed by atoms with Gasteiger partial charge in [0.05, 0.1) is 5.69 Å². The lowest BCUT2D eigenvalue weighted by molar-refractivity contribution is 0.208. The first-order chi connectivity index (χ1) is 13.2.